The van der Waals surface area contributed by atoms with Gasteiger partial charge in [0.1, 0.15) is 0 Å². The Morgan fingerprint density at radius 2 is 1.11 bits per heavy atom. The van der Waals surface area contributed by atoms with Crippen molar-refractivity contribution in [3.8, 4) is 33.5 Å². The molecule has 170 valence electrons. The first kappa shape index (κ1) is 21.7. The molecule has 6 aromatic rings. The molecule has 0 fully saturated rings. The molecule has 2 nitrogen and oxygen atoms in total. The minimum atomic E-state index is -0.0392. The highest BCUT2D eigenvalue weighted by atomic mass is 16.1. The number of hydrogen-bond acceptors (Lipinski definition) is 2. The van der Waals surface area contributed by atoms with Crippen LogP contribution < -0.4 is 0 Å². The zero-order valence-corrected chi connectivity index (χ0v) is 19.6. The Balaban J connectivity index is 1.75. The maximum Gasteiger partial charge on any atom is 0.195 e. The van der Waals surface area contributed by atoms with E-state index < -0.39 is 0 Å². The molecule has 0 bridgehead atoms. The second-order valence-electron chi connectivity index (χ2n) is 8.72. The second-order valence-corrected chi connectivity index (χ2v) is 8.72. The molecule has 1 aromatic heterocycles. The Bertz CT molecular complexity index is 1670. The summed E-state index contributed by atoms with van der Waals surface area (Å²) in [7, 11) is 0. The maximum atomic E-state index is 14.3. The van der Waals surface area contributed by atoms with Crippen LogP contribution in [0.25, 0.3) is 44.3 Å². The summed E-state index contributed by atoms with van der Waals surface area (Å²) < 4.78 is 0. The molecule has 1 heterocycles. The molecular formula is C34H23NO. The largest absolute Gasteiger partial charge is 0.289 e. The Kier molecular flexibility index (Phi) is 5.69. The molecule has 0 aliphatic heterocycles. The summed E-state index contributed by atoms with van der Waals surface area (Å²) >= 11 is 0. The molecule has 2 heteroatoms. The Morgan fingerprint density at radius 3 is 1.83 bits per heavy atom. The second kappa shape index (κ2) is 9.44. The summed E-state index contributed by atoms with van der Waals surface area (Å²) in [5, 5.41) is 2.18. The molecule has 0 radical (unpaired) electrons. The highest BCUT2D eigenvalue weighted by Crippen LogP contribution is 2.41. The van der Waals surface area contributed by atoms with Gasteiger partial charge in [-0.15, -0.1) is 0 Å². The van der Waals surface area contributed by atoms with Crippen molar-refractivity contribution >= 4 is 16.6 Å². The van der Waals surface area contributed by atoms with Crippen LogP contribution in [-0.2, 0) is 0 Å². The number of aromatic nitrogens is 1. The van der Waals surface area contributed by atoms with E-state index in [0.29, 0.717) is 16.8 Å². The molecule has 0 amide bonds. The first-order chi connectivity index (χ1) is 17.8. The predicted molar refractivity (Wildman–Crippen MR) is 148 cm³/mol. The van der Waals surface area contributed by atoms with Gasteiger partial charge < -0.3 is 0 Å². The van der Waals surface area contributed by atoms with Crippen molar-refractivity contribution in [3.63, 3.8) is 0 Å². The van der Waals surface area contributed by atoms with E-state index in [1.54, 1.807) is 0 Å². The van der Waals surface area contributed by atoms with Gasteiger partial charge in [-0.1, -0.05) is 133 Å². The van der Waals surface area contributed by atoms with E-state index >= 15 is 0 Å². The number of benzene rings is 5. The van der Waals surface area contributed by atoms with Crippen molar-refractivity contribution in [2.45, 2.75) is 0 Å². The monoisotopic (exact) mass is 461 g/mol. The molecule has 0 aliphatic carbocycles. The van der Waals surface area contributed by atoms with Crippen LogP contribution in [0.15, 0.2) is 140 Å². The molecule has 5 aromatic carbocycles. The molecule has 0 spiro atoms. The lowest BCUT2D eigenvalue weighted by molar-refractivity contribution is 0.103. The van der Waals surface area contributed by atoms with Gasteiger partial charge >= 0.3 is 0 Å². The van der Waals surface area contributed by atoms with E-state index in [1.165, 1.54) is 0 Å². The third-order valence-corrected chi connectivity index (χ3v) is 6.53. The SMILES string of the molecule is O=C(c1ccccc1)c1c(-c2cccc3ccccc23)ncc(-c2ccccc2)c1-c1ccccc1. The van der Waals surface area contributed by atoms with Crippen LogP contribution >= 0.6 is 0 Å². The van der Waals surface area contributed by atoms with Gasteiger partial charge in [-0.3, -0.25) is 9.78 Å². The number of rotatable bonds is 5. The van der Waals surface area contributed by atoms with Gasteiger partial charge in [0.15, 0.2) is 5.78 Å². The first-order valence-electron chi connectivity index (χ1n) is 12.0. The van der Waals surface area contributed by atoms with Gasteiger partial charge in [0.2, 0.25) is 0 Å². The van der Waals surface area contributed by atoms with Gasteiger partial charge in [0, 0.05) is 28.5 Å². The highest BCUT2D eigenvalue weighted by Gasteiger charge is 2.25. The quantitative estimate of drug-likeness (QED) is 0.241. The molecule has 36 heavy (non-hydrogen) atoms. The number of hydrogen-bond donors (Lipinski definition) is 0. The topological polar surface area (TPSA) is 30.0 Å². The maximum absolute atomic E-state index is 14.3. The minimum Gasteiger partial charge on any atom is -0.289 e. The molecule has 0 N–H and O–H groups in total. The van der Waals surface area contributed by atoms with Crippen LogP contribution in [0.1, 0.15) is 15.9 Å². The summed E-state index contributed by atoms with van der Waals surface area (Å²) in [6.45, 7) is 0. The fourth-order valence-corrected chi connectivity index (χ4v) is 4.84. The third kappa shape index (κ3) is 3.89. The van der Waals surface area contributed by atoms with Gasteiger partial charge in [-0.05, 0) is 21.9 Å². The van der Waals surface area contributed by atoms with Crippen LogP contribution in [-0.4, -0.2) is 10.8 Å². The van der Waals surface area contributed by atoms with E-state index in [4.69, 9.17) is 4.98 Å². The van der Waals surface area contributed by atoms with E-state index in [0.717, 1.165) is 38.6 Å². The number of nitrogens with zero attached hydrogens (tertiary/aromatic N) is 1. The number of fused-ring (bicyclic) bond motifs is 1. The van der Waals surface area contributed by atoms with E-state index in [1.807, 2.05) is 91.1 Å². The fourth-order valence-electron chi connectivity index (χ4n) is 4.84. The first-order valence-corrected chi connectivity index (χ1v) is 12.0. The summed E-state index contributed by atoms with van der Waals surface area (Å²) in [4.78, 5) is 19.3. The zero-order chi connectivity index (χ0) is 24.3. The fraction of sp³-hybridized carbons (Fsp3) is 0. The highest BCUT2D eigenvalue weighted by molar-refractivity contribution is 6.19. The predicted octanol–water partition coefficient (Wildman–Crippen LogP) is 8.47. The number of carbonyl (C=O) groups is 1. The number of carbonyl (C=O) groups excluding carboxylic acids is 1. The summed E-state index contributed by atoms with van der Waals surface area (Å²) in [5.41, 5.74) is 6.74. The lowest BCUT2D eigenvalue weighted by Gasteiger charge is -2.19. The van der Waals surface area contributed by atoms with Crippen molar-refractivity contribution in [1.82, 2.24) is 4.98 Å². The Labute approximate surface area is 210 Å². The summed E-state index contributed by atoms with van der Waals surface area (Å²) in [6.07, 6.45) is 1.91. The van der Waals surface area contributed by atoms with Crippen molar-refractivity contribution < 1.29 is 4.79 Å². The van der Waals surface area contributed by atoms with Crippen molar-refractivity contribution in [2.75, 3.05) is 0 Å². The molecule has 0 atom stereocenters. The average Bonchev–Trinajstić information content (AvgIpc) is 2.97. The van der Waals surface area contributed by atoms with E-state index in [-0.39, 0.29) is 5.78 Å². The third-order valence-electron chi connectivity index (χ3n) is 6.53. The molecular weight excluding hydrogens is 438 g/mol. The lowest BCUT2D eigenvalue weighted by atomic mass is 9.85. The minimum absolute atomic E-state index is 0.0392. The van der Waals surface area contributed by atoms with Crippen molar-refractivity contribution in [3.05, 3.63) is 151 Å². The molecule has 0 saturated heterocycles. The van der Waals surface area contributed by atoms with Crippen molar-refractivity contribution in [1.29, 1.82) is 0 Å². The summed E-state index contributed by atoms with van der Waals surface area (Å²) in [6, 6.07) is 44.2. The van der Waals surface area contributed by atoms with E-state index in [9.17, 15) is 4.79 Å². The molecule has 0 aliphatic rings. The lowest BCUT2D eigenvalue weighted by Crippen LogP contribution is -2.09. The van der Waals surface area contributed by atoms with Crippen LogP contribution in [0, 0.1) is 0 Å². The van der Waals surface area contributed by atoms with Crippen LogP contribution in [0.2, 0.25) is 0 Å². The van der Waals surface area contributed by atoms with Crippen molar-refractivity contribution in [2.24, 2.45) is 0 Å². The van der Waals surface area contributed by atoms with Crippen LogP contribution in [0.5, 0.6) is 0 Å². The van der Waals surface area contributed by atoms with Gasteiger partial charge in [0.25, 0.3) is 0 Å². The number of ketones is 1. The smallest absolute Gasteiger partial charge is 0.195 e. The standard InChI is InChI=1S/C34H23NO/c36-34(27-18-8-3-9-19-27)32-31(26-16-6-2-7-17-26)30(25-13-4-1-5-14-25)23-35-33(32)29-22-12-20-24-15-10-11-21-28(24)29/h1-23H. The van der Waals surface area contributed by atoms with Gasteiger partial charge in [0.05, 0.1) is 11.3 Å². The Morgan fingerprint density at radius 1 is 0.528 bits per heavy atom. The zero-order valence-electron chi connectivity index (χ0n) is 19.6. The molecule has 0 unspecified atom stereocenters. The van der Waals surface area contributed by atoms with Crippen LogP contribution in [0.3, 0.4) is 0 Å². The van der Waals surface area contributed by atoms with Gasteiger partial charge in [-0.25, -0.2) is 0 Å². The van der Waals surface area contributed by atoms with Crippen LogP contribution in [0.4, 0.5) is 0 Å². The normalized spacial score (nSPS) is 10.9. The molecule has 6 rings (SSSR count). The Hall–Kier alpha value is -4.82. The average molecular weight is 462 g/mol. The van der Waals surface area contributed by atoms with Gasteiger partial charge in [-0.2, -0.15) is 0 Å². The number of pyridine rings is 1. The van der Waals surface area contributed by atoms with E-state index in [2.05, 4.69) is 48.5 Å². The summed E-state index contributed by atoms with van der Waals surface area (Å²) in [5.74, 6) is -0.0392. The molecule has 0 saturated carbocycles.